The van der Waals surface area contributed by atoms with E-state index in [4.69, 9.17) is 21.3 Å². The second-order valence-corrected chi connectivity index (χ2v) is 13.5. The summed E-state index contributed by atoms with van der Waals surface area (Å²) in [6.07, 6.45) is 8.78. The number of hydrogen-bond acceptors (Lipinski definition) is 6. The van der Waals surface area contributed by atoms with Gasteiger partial charge in [0.15, 0.2) is 0 Å². The number of nitrogens with one attached hydrogen (secondary N) is 1. The summed E-state index contributed by atoms with van der Waals surface area (Å²) in [5, 5.41) is 6.80. The van der Waals surface area contributed by atoms with Crippen molar-refractivity contribution in [2.45, 2.75) is 65.1 Å². The molecule has 230 valence electrons. The third-order valence-electron chi connectivity index (χ3n) is 8.91. The molecule has 2 saturated heterocycles. The molecule has 1 N–H and O–H groups in total. The third kappa shape index (κ3) is 5.76. The number of piperazine rings is 1. The van der Waals surface area contributed by atoms with Gasteiger partial charge in [-0.3, -0.25) is 14.2 Å². The van der Waals surface area contributed by atoms with Gasteiger partial charge in [0, 0.05) is 59.9 Å². The lowest BCUT2D eigenvalue weighted by Gasteiger charge is -2.34. The van der Waals surface area contributed by atoms with E-state index in [1.165, 1.54) is 11.3 Å². The largest absolute Gasteiger partial charge is 0.377 e. The number of benzene rings is 1. The fraction of sp³-hybridized carbons (Fsp3) is 0.400. The van der Waals surface area contributed by atoms with Crippen molar-refractivity contribution in [1.29, 1.82) is 0 Å². The van der Waals surface area contributed by atoms with Crippen molar-refractivity contribution in [2.75, 3.05) is 20.2 Å². The number of carbonyl (C=O) groups is 1. The molecule has 4 unspecified atom stereocenters. The minimum absolute atomic E-state index is 0.0543. The molecule has 1 aliphatic carbocycles. The maximum atomic E-state index is 14.8. The van der Waals surface area contributed by atoms with Crippen LogP contribution in [0.4, 0.5) is 0 Å². The van der Waals surface area contributed by atoms with E-state index in [0.717, 1.165) is 47.4 Å². The summed E-state index contributed by atoms with van der Waals surface area (Å²) in [7, 11) is 1.69. The van der Waals surface area contributed by atoms with Crippen LogP contribution in [0, 0.1) is 5.92 Å². The zero-order valence-electron chi connectivity index (χ0n) is 25.9. The third-order valence-corrected chi connectivity index (χ3v) is 10.0. The van der Waals surface area contributed by atoms with Gasteiger partial charge in [0.05, 0.1) is 28.6 Å². The first-order valence-electron chi connectivity index (χ1n) is 15.3. The van der Waals surface area contributed by atoms with Gasteiger partial charge in [-0.2, -0.15) is 0 Å². The zero-order chi connectivity index (χ0) is 31.1. The Morgan fingerprint density at radius 2 is 1.89 bits per heavy atom. The maximum Gasteiger partial charge on any atom is 0.265 e. The molecule has 0 spiro atoms. The molecule has 44 heavy (non-hydrogen) atoms. The van der Waals surface area contributed by atoms with Crippen molar-refractivity contribution in [3.63, 3.8) is 0 Å². The molecule has 0 saturated carbocycles. The van der Waals surface area contributed by atoms with Crippen LogP contribution < -0.4 is 10.9 Å². The smallest absolute Gasteiger partial charge is 0.265 e. The molecule has 2 aliphatic heterocycles. The number of ether oxygens (including phenoxy) is 1. The minimum Gasteiger partial charge on any atom is -0.377 e. The van der Waals surface area contributed by atoms with Crippen LogP contribution in [-0.4, -0.2) is 58.7 Å². The first-order chi connectivity index (χ1) is 21.2. The predicted molar refractivity (Wildman–Crippen MR) is 180 cm³/mol. The van der Waals surface area contributed by atoms with Gasteiger partial charge in [0.1, 0.15) is 5.01 Å². The van der Waals surface area contributed by atoms with Crippen LogP contribution in [0.1, 0.15) is 63.0 Å². The molecule has 6 rings (SSSR count). The van der Waals surface area contributed by atoms with Gasteiger partial charge >= 0.3 is 0 Å². The SMILES string of the molecule is CCC1=C(n2c(C=C(C)C)c(C(=O)N3CC4CCC(C3)N4)cc(-c3nc(-c4ccc(Cl)cc4)cs3)c2=O)C(C)C(OC)C=C1. The molecule has 3 aliphatic rings. The van der Waals surface area contributed by atoms with E-state index in [1.807, 2.05) is 54.5 Å². The molecule has 1 aromatic carbocycles. The first-order valence-corrected chi connectivity index (χ1v) is 16.6. The van der Waals surface area contributed by atoms with Gasteiger partial charge < -0.3 is 15.0 Å². The fourth-order valence-corrected chi connectivity index (χ4v) is 7.70. The van der Waals surface area contributed by atoms with Crippen molar-refractivity contribution in [3.05, 3.63) is 85.6 Å². The second kappa shape index (κ2) is 12.6. The molecule has 2 bridgehead atoms. The summed E-state index contributed by atoms with van der Waals surface area (Å²) >= 11 is 7.54. The van der Waals surface area contributed by atoms with E-state index in [9.17, 15) is 9.59 Å². The number of fused-ring (bicyclic) bond motifs is 2. The van der Waals surface area contributed by atoms with Crippen molar-refractivity contribution < 1.29 is 9.53 Å². The van der Waals surface area contributed by atoms with Crippen molar-refractivity contribution >= 4 is 40.6 Å². The molecule has 2 aromatic heterocycles. The van der Waals surface area contributed by atoms with Gasteiger partial charge in [0.2, 0.25) is 0 Å². The number of allylic oxidation sites excluding steroid dienone is 3. The summed E-state index contributed by atoms with van der Waals surface area (Å²) in [6, 6.07) is 9.89. The summed E-state index contributed by atoms with van der Waals surface area (Å²) < 4.78 is 7.62. The highest BCUT2D eigenvalue weighted by Gasteiger charge is 2.37. The Hall–Kier alpha value is -3.30. The fourth-order valence-electron chi connectivity index (χ4n) is 6.73. The van der Waals surface area contributed by atoms with Crippen molar-refractivity contribution in [2.24, 2.45) is 5.92 Å². The van der Waals surface area contributed by atoms with Crippen LogP contribution in [0.2, 0.25) is 5.02 Å². The summed E-state index contributed by atoms with van der Waals surface area (Å²) in [6.45, 7) is 9.49. The van der Waals surface area contributed by atoms with Gasteiger partial charge in [-0.15, -0.1) is 11.3 Å². The van der Waals surface area contributed by atoms with Gasteiger partial charge in [-0.25, -0.2) is 4.98 Å². The molecule has 4 atom stereocenters. The van der Waals surface area contributed by atoms with E-state index in [-0.39, 0.29) is 23.5 Å². The van der Waals surface area contributed by atoms with Crippen LogP contribution in [0.15, 0.2) is 63.8 Å². The van der Waals surface area contributed by atoms with Crippen LogP contribution >= 0.6 is 22.9 Å². The highest BCUT2D eigenvalue weighted by molar-refractivity contribution is 7.13. The maximum absolute atomic E-state index is 14.8. The monoisotopic (exact) mass is 630 g/mol. The predicted octanol–water partition coefficient (Wildman–Crippen LogP) is 7.13. The lowest BCUT2D eigenvalue weighted by atomic mass is 9.88. The van der Waals surface area contributed by atoms with E-state index in [2.05, 4.69) is 31.3 Å². The second-order valence-electron chi connectivity index (χ2n) is 12.2. The topological polar surface area (TPSA) is 76.5 Å². The van der Waals surface area contributed by atoms with E-state index < -0.39 is 0 Å². The van der Waals surface area contributed by atoms with Crippen molar-refractivity contribution in [1.82, 2.24) is 19.8 Å². The number of aromatic nitrogens is 2. The highest BCUT2D eigenvalue weighted by atomic mass is 35.5. The number of halogens is 1. The lowest BCUT2D eigenvalue weighted by molar-refractivity contribution is 0.0696. The number of amides is 1. The lowest BCUT2D eigenvalue weighted by Crippen LogP contribution is -2.53. The molecular weight excluding hydrogens is 592 g/mol. The number of thiazole rings is 1. The Bertz CT molecular complexity index is 1720. The number of pyridine rings is 1. The Kier molecular flexibility index (Phi) is 8.79. The molecule has 4 heterocycles. The van der Waals surface area contributed by atoms with Crippen LogP contribution in [-0.2, 0) is 4.74 Å². The Balaban J connectivity index is 1.60. The number of carbonyl (C=O) groups excluding carboxylic acids is 1. The Labute approximate surface area is 267 Å². The molecule has 2 fully saturated rings. The average molecular weight is 631 g/mol. The quantitative estimate of drug-likeness (QED) is 0.300. The molecular formula is C35H39ClN4O3S. The molecule has 0 radical (unpaired) electrons. The van der Waals surface area contributed by atoms with E-state index >= 15 is 0 Å². The Morgan fingerprint density at radius 3 is 2.52 bits per heavy atom. The number of likely N-dealkylation sites (tertiary alicyclic amines) is 1. The van der Waals surface area contributed by atoms with E-state index in [1.54, 1.807) is 17.7 Å². The molecule has 9 heteroatoms. The summed E-state index contributed by atoms with van der Waals surface area (Å²) in [5.74, 6) is -0.169. The van der Waals surface area contributed by atoms with Crippen LogP contribution in [0.25, 0.3) is 33.6 Å². The number of methoxy groups -OCH3 is 1. The zero-order valence-corrected chi connectivity index (χ0v) is 27.5. The summed E-state index contributed by atoms with van der Waals surface area (Å²) in [5.41, 5.74) is 5.95. The standard InChI is InChI=1S/C35H39ClN4O3S/c1-6-22-9-14-31(43-5)21(4)32(22)40-30(15-20(2)3)27(34(41)39-17-25-12-13-26(18-39)37-25)16-28(35(40)42)33-38-29(19-44-33)23-7-10-24(36)11-8-23/h7-11,14-16,19,21,25-26,31,37H,6,12-13,17-18H2,1-5H3. The van der Waals surface area contributed by atoms with E-state index in [0.29, 0.717) is 52.0 Å². The molecule has 7 nitrogen and oxygen atoms in total. The number of rotatable bonds is 7. The normalized spacial score (nSPS) is 22.9. The van der Waals surface area contributed by atoms with Gasteiger partial charge in [-0.1, -0.05) is 55.3 Å². The summed E-state index contributed by atoms with van der Waals surface area (Å²) in [4.78, 5) is 36.2. The van der Waals surface area contributed by atoms with Crippen LogP contribution in [0.5, 0.6) is 0 Å². The Morgan fingerprint density at radius 1 is 1.18 bits per heavy atom. The molecule has 1 amide bonds. The molecule has 3 aromatic rings. The number of nitrogens with zero attached hydrogens (tertiary/aromatic N) is 3. The first kappa shape index (κ1) is 30.7. The van der Waals surface area contributed by atoms with Crippen LogP contribution in [0.3, 0.4) is 0 Å². The highest BCUT2D eigenvalue weighted by Crippen LogP contribution is 2.36. The van der Waals surface area contributed by atoms with Crippen molar-refractivity contribution in [3.8, 4) is 21.8 Å². The van der Waals surface area contributed by atoms with Gasteiger partial charge in [0.25, 0.3) is 11.5 Å². The van der Waals surface area contributed by atoms with Gasteiger partial charge in [-0.05, 0) is 63.0 Å². The minimum atomic E-state index is -0.199. The average Bonchev–Trinajstić information content (AvgIpc) is 3.63. The number of hydrogen-bond donors (Lipinski definition) is 1.